The fourth-order valence-corrected chi connectivity index (χ4v) is 3.11. The normalized spacial score (nSPS) is 25.6. The first-order valence-electron chi connectivity index (χ1n) is 5.90. The van der Waals surface area contributed by atoms with Crippen molar-refractivity contribution in [1.29, 1.82) is 0 Å². The summed E-state index contributed by atoms with van der Waals surface area (Å²) in [6.45, 7) is 0.927. The summed E-state index contributed by atoms with van der Waals surface area (Å²) in [4.78, 5) is 26.6. The number of hydrogen-bond donors (Lipinski definition) is 1. The van der Waals surface area contributed by atoms with Gasteiger partial charge in [0, 0.05) is 31.1 Å². The number of aliphatic carboxylic acids is 1. The smallest absolute Gasteiger partial charge is 0.321 e. The molecule has 1 unspecified atom stereocenters. The van der Waals surface area contributed by atoms with Crippen LogP contribution in [0.3, 0.4) is 0 Å². The summed E-state index contributed by atoms with van der Waals surface area (Å²) in [5.41, 5.74) is 0. The van der Waals surface area contributed by atoms with Gasteiger partial charge in [-0.25, -0.2) is 0 Å². The van der Waals surface area contributed by atoms with Gasteiger partial charge in [0.1, 0.15) is 6.04 Å². The highest BCUT2D eigenvalue weighted by Gasteiger charge is 2.34. The van der Waals surface area contributed by atoms with Gasteiger partial charge in [0.05, 0.1) is 6.54 Å². The minimum Gasteiger partial charge on any atom is -0.480 e. The van der Waals surface area contributed by atoms with Gasteiger partial charge in [-0.2, -0.15) is 11.8 Å². The molecule has 0 spiro atoms. The van der Waals surface area contributed by atoms with Crippen molar-refractivity contribution in [1.82, 2.24) is 9.80 Å². The third kappa shape index (κ3) is 3.13. The standard InChI is InChI=1S/C11H18N2O3S/c1-12(8-2-3-8)10(14)6-13-4-5-17-7-9(13)11(15)16/h8-9H,2-7H2,1H3,(H,15,16). The lowest BCUT2D eigenvalue weighted by Crippen LogP contribution is -2.51. The third-order valence-electron chi connectivity index (χ3n) is 3.35. The van der Waals surface area contributed by atoms with E-state index in [1.165, 1.54) is 0 Å². The van der Waals surface area contributed by atoms with Crippen molar-refractivity contribution in [3.05, 3.63) is 0 Å². The summed E-state index contributed by atoms with van der Waals surface area (Å²) >= 11 is 1.64. The van der Waals surface area contributed by atoms with Gasteiger partial charge in [-0.05, 0) is 12.8 Å². The molecule has 1 aliphatic carbocycles. The first kappa shape index (κ1) is 12.7. The van der Waals surface area contributed by atoms with Crippen LogP contribution in [0.15, 0.2) is 0 Å². The Morgan fingerprint density at radius 2 is 2.18 bits per heavy atom. The lowest BCUT2D eigenvalue weighted by atomic mass is 10.2. The van der Waals surface area contributed by atoms with Gasteiger partial charge >= 0.3 is 5.97 Å². The van der Waals surface area contributed by atoms with E-state index < -0.39 is 12.0 Å². The molecule has 2 rings (SSSR count). The Morgan fingerprint density at radius 3 is 2.76 bits per heavy atom. The number of carbonyl (C=O) groups excluding carboxylic acids is 1. The molecule has 2 aliphatic rings. The Labute approximate surface area is 105 Å². The number of nitrogens with zero attached hydrogens (tertiary/aromatic N) is 2. The van der Waals surface area contributed by atoms with Crippen molar-refractivity contribution in [2.45, 2.75) is 24.9 Å². The molecule has 0 bridgehead atoms. The molecule has 1 atom stereocenters. The molecule has 0 radical (unpaired) electrons. The molecule has 1 saturated heterocycles. The van der Waals surface area contributed by atoms with Crippen molar-refractivity contribution in [3.8, 4) is 0 Å². The average molecular weight is 258 g/mol. The predicted molar refractivity (Wildman–Crippen MR) is 66.1 cm³/mol. The van der Waals surface area contributed by atoms with Gasteiger partial charge in [-0.15, -0.1) is 0 Å². The maximum absolute atomic E-state index is 11.9. The quantitative estimate of drug-likeness (QED) is 0.775. The summed E-state index contributed by atoms with van der Waals surface area (Å²) in [6.07, 6.45) is 2.17. The van der Waals surface area contributed by atoms with Gasteiger partial charge < -0.3 is 10.0 Å². The number of rotatable bonds is 4. The maximum Gasteiger partial charge on any atom is 0.321 e. The van der Waals surface area contributed by atoms with Crippen LogP contribution in [0.4, 0.5) is 0 Å². The van der Waals surface area contributed by atoms with Crippen LogP contribution in [0.1, 0.15) is 12.8 Å². The molecule has 0 aromatic heterocycles. The van der Waals surface area contributed by atoms with Gasteiger partial charge in [-0.3, -0.25) is 14.5 Å². The number of carbonyl (C=O) groups is 2. The Hall–Kier alpha value is -0.750. The van der Waals surface area contributed by atoms with Gasteiger partial charge in [0.2, 0.25) is 5.91 Å². The summed E-state index contributed by atoms with van der Waals surface area (Å²) in [6, 6.07) is -0.116. The fourth-order valence-electron chi connectivity index (χ4n) is 2.01. The van der Waals surface area contributed by atoms with E-state index in [0.717, 1.165) is 18.6 Å². The minimum atomic E-state index is -0.820. The van der Waals surface area contributed by atoms with Crippen LogP contribution in [0.25, 0.3) is 0 Å². The number of carboxylic acids is 1. The van der Waals surface area contributed by atoms with Crippen molar-refractivity contribution in [2.24, 2.45) is 0 Å². The zero-order valence-corrected chi connectivity index (χ0v) is 10.8. The first-order chi connectivity index (χ1) is 8.09. The topological polar surface area (TPSA) is 60.9 Å². The van der Waals surface area contributed by atoms with Gasteiger partial charge in [0.25, 0.3) is 0 Å². The van der Waals surface area contributed by atoms with Gasteiger partial charge in [0.15, 0.2) is 0 Å². The monoisotopic (exact) mass is 258 g/mol. The van der Waals surface area contributed by atoms with Crippen LogP contribution in [-0.2, 0) is 9.59 Å². The van der Waals surface area contributed by atoms with E-state index in [1.807, 2.05) is 7.05 Å². The van der Waals surface area contributed by atoms with Crippen molar-refractivity contribution in [2.75, 3.05) is 31.6 Å². The Kier molecular flexibility index (Phi) is 3.93. The van der Waals surface area contributed by atoms with E-state index >= 15 is 0 Å². The molecule has 1 N–H and O–H groups in total. The summed E-state index contributed by atoms with van der Waals surface area (Å²) in [7, 11) is 1.81. The zero-order chi connectivity index (χ0) is 12.4. The average Bonchev–Trinajstić information content (AvgIpc) is 3.12. The number of carboxylic acid groups (broad SMARTS) is 1. The van der Waals surface area contributed by atoms with Crippen LogP contribution >= 0.6 is 11.8 Å². The highest BCUT2D eigenvalue weighted by Crippen LogP contribution is 2.26. The zero-order valence-electron chi connectivity index (χ0n) is 9.96. The second-order valence-electron chi connectivity index (χ2n) is 4.64. The van der Waals surface area contributed by atoms with E-state index in [-0.39, 0.29) is 12.5 Å². The van der Waals surface area contributed by atoms with E-state index in [4.69, 9.17) is 5.11 Å². The largest absolute Gasteiger partial charge is 0.480 e. The highest BCUT2D eigenvalue weighted by molar-refractivity contribution is 7.99. The summed E-state index contributed by atoms with van der Waals surface area (Å²) in [5, 5.41) is 9.10. The molecule has 0 aromatic carbocycles. The molecule has 6 heteroatoms. The second-order valence-corrected chi connectivity index (χ2v) is 5.79. The maximum atomic E-state index is 11.9. The van der Waals surface area contributed by atoms with Crippen molar-refractivity contribution >= 4 is 23.6 Å². The minimum absolute atomic E-state index is 0.0469. The van der Waals surface area contributed by atoms with E-state index in [1.54, 1.807) is 21.6 Å². The number of amides is 1. The van der Waals surface area contributed by atoms with E-state index in [0.29, 0.717) is 18.3 Å². The third-order valence-corrected chi connectivity index (χ3v) is 4.37. The van der Waals surface area contributed by atoms with Crippen molar-refractivity contribution < 1.29 is 14.7 Å². The summed E-state index contributed by atoms with van der Waals surface area (Å²) < 4.78 is 0. The number of thioether (sulfide) groups is 1. The fraction of sp³-hybridized carbons (Fsp3) is 0.818. The first-order valence-corrected chi connectivity index (χ1v) is 7.05. The summed E-state index contributed by atoms with van der Waals surface area (Å²) in [5.74, 6) is 0.713. The number of likely N-dealkylation sites (N-methyl/N-ethyl adjacent to an activating group) is 1. The van der Waals surface area contributed by atoms with Crippen LogP contribution in [0.5, 0.6) is 0 Å². The molecular weight excluding hydrogens is 240 g/mol. The van der Waals surface area contributed by atoms with Gasteiger partial charge in [-0.1, -0.05) is 0 Å². The highest BCUT2D eigenvalue weighted by atomic mass is 32.2. The molecule has 1 heterocycles. The van der Waals surface area contributed by atoms with Crippen LogP contribution in [0.2, 0.25) is 0 Å². The lowest BCUT2D eigenvalue weighted by Gasteiger charge is -2.33. The number of hydrogen-bond acceptors (Lipinski definition) is 4. The van der Waals surface area contributed by atoms with Crippen LogP contribution < -0.4 is 0 Å². The molecule has 2 fully saturated rings. The Morgan fingerprint density at radius 1 is 1.47 bits per heavy atom. The second kappa shape index (κ2) is 5.27. The predicted octanol–water partition coefficient (Wildman–Crippen LogP) is 0.109. The molecular formula is C11H18N2O3S. The molecule has 1 amide bonds. The molecule has 17 heavy (non-hydrogen) atoms. The molecule has 1 saturated carbocycles. The molecule has 1 aliphatic heterocycles. The molecule has 5 nitrogen and oxygen atoms in total. The Balaban J connectivity index is 1.90. The Bertz CT molecular complexity index is 320. The molecule has 0 aromatic rings. The van der Waals surface area contributed by atoms with Crippen molar-refractivity contribution in [3.63, 3.8) is 0 Å². The lowest BCUT2D eigenvalue weighted by molar-refractivity contribution is -0.143. The molecule has 96 valence electrons. The van der Waals surface area contributed by atoms with E-state index in [2.05, 4.69) is 0 Å². The van der Waals surface area contributed by atoms with Crippen LogP contribution in [-0.4, -0.2) is 70.5 Å². The van der Waals surface area contributed by atoms with E-state index in [9.17, 15) is 9.59 Å². The van der Waals surface area contributed by atoms with Crippen LogP contribution in [0, 0.1) is 0 Å². The SMILES string of the molecule is CN(C(=O)CN1CCSCC1C(=O)O)C1CC1.